The van der Waals surface area contributed by atoms with E-state index in [0.717, 1.165) is 0 Å². The van der Waals surface area contributed by atoms with Gasteiger partial charge >= 0.3 is 0 Å². The second-order valence-electron chi connectivity index (χ2n) is 3.83. The van der Waals surface area contributed by atoms with Gasteiger partial charge < -0.3 is 10.2 Å². The topological polar surface area (TPSA) is 32.3 Å². The molecule has 0 radical (unpaired) electrons. The van der Waals surface area contributed by atoms with E-state index in [1.54, 1.807) is 0 Å². The van der Waals surface area contributed by atoms with Gasteiger partial charge in [0, 0.05) is 6.54 Å². The summed E-state index contributed by atoms with van der Waals surface area (Å²) in [4.78, 5) is 13.3. The summed E-state index contributed by atoms with van der Waals surface area (Å²) in [5.74, 6) is 0.0165. The lowest BCUT2D eigenvalue weighted by Crippen LogP contribution is -2.35. The molecular weight excluding hydrogens is 268 g/mol. The van der Waals surface area contributed by atoms with Crippen LogP contribution in [0.3, 0.4) is 0 Å². The van der Waals surface area contributed by atoms with Gasteiger partial charge in [-0.1, -0.05) is 46.3 Å². The zero-order chi connectivity index (χ0) is 12.0. The molecule has 0 fully saturated rings. The molecule has 0 heterocycles. The summed E-state index contributed by atoms with van der Waals surface area (Å²) in [7, 11) is 4.02. The smallest absolute Gasteiger partial charge is 0.230 e. The minimum absolute atomic E-state index is 0.0165. The van der Waals surface area contributed by atoms with Crippen LogP contribution in [0.5, 0.6) is 0 Å². The van der Waals surface area contributed by atoms with E-state index < -0.39 is 0 Å². The average molecular weight is 285 g/mol. The molecule has 4 heteroatoms. The van der Waals surface area contributed by atoms with Gasteiger partial charge in [-0.15, -0.1) is 0 Å². The molecule has 1 unspecified atom stereocenters. The number of benzene rings is 1. The van der Waals surface area contributed by atoms with E-state index in [4.69, 9.17) is 0 Å². The molecule has 1 aromatic rings. The molecule has 1 amide bonds. The lowest BCUT2D eigenvalue weighted by Gasteiger charge is -2.24. The lowest BCUT2D eigenvalue weighted by molar-refractivity contribution is -0.118. The minimum atomic E-state index is 0.0165. The maximum atomic E-state index is 11.2. The third-order valence-corrected chi connectivity index (χ3v) is 2.93. The molecule has 0 bridgehead atoms. The van der Waals surface area contributed by atoms with Crippen molar-refractivity contribution in [2.24, 2.45) is 0 Å². The van der Waals surface area contributed by atoms with Crippen molar-refractivity contribution in [3.8, 4) is 0 Å². The number of hydrogen-bond donors (Lipinski definition) is 1. The summed E-state index contributed by atoms with van der Waals surface area (Å²) in [5.41, 5.74) is 1.21. The van der Waals surface area contributed by atoms with Gasteiger partial charge in [-0.25, -0.2) is 0 Å². The Morgan fingerprint density at radius 2 is 2.00 bits per heavy atom. The van der Waals surface area contributed by atoms with E-state index in [1.807, 2.05) is 32.3 Å². The Labute approximate surface area is 105 Å². The van der Waals surface area contributed by atoms with Crippen molar-refractivity contribution in [1.82, 2.24) is 10.2 Å². The first kappa shape index (κ1) is 13.2. The maximum Gasteiger partial charge on any atom is 0.230 e. The quantitative estimate of drug-likeness (QED) is 0.837. The van der Waals surface area contributed by atoms with Gasteiger partial charge in [0.1, 0.15) is 0 Å². The van der Waals surface area contributed by atoms with E-state index in [1.165, 1.54) is 5.56 Å². The van der Waals surface area contributed by atoms with Crippen LogP contribution in [0.25, 0.3) is 0 Å². The van der Waals surface area contributed by atoms with E-state index >= 15 is 0 Å². The van der Waals surface area contributed by atoms with Crippen LogP contribution in [0.4, 0.5) is 0 Å². The Kier molecular flexibility index (Phi) is 5.49. The summed E-state index contributed by atoms with van der Waals surface area (Å²) in [6, 6.07) is 10.4. The molecule has 1 aromatic carbocycles. The highest BCUT2D eigenvalue weighted by molar-refractivity contribution is 9.09. The number of likely N-dealkylation sites (N-methyl/N-ethyl adjacent to an activating group) is 1. The SMILES string of the molecule is CN(C)C(CNC(=O)CBr)c1ccccc1. The molecule has 0 saturated heterocycles. The van der Waals surface area contributed by atoms with E-state index in [2.05, 4.69) is 38.3 Å². The molecule has 0 saturated carbocycles. The van der Waals surface area contributed by atoms with Gasteiger partial charge in [0.25, 0.3) is 0 Å². The van der Waals surface area contributed by atoms with Crippen LogP contribution in [-0.2, 0) is 4.79 Å². The van der Waals surface area contributed by atoms with Gasteiger partial charge in [0.2, 0.25) is 5.91 Å². The van der Waals surface area contributed by atoms with Crippen LogP contribution < -0.4 is 5.32 Å². The number of halogens is 1. The van der Waals surface area contributed by atoms with Crippen LogP contribution in [0.15, 0.2) is 30.3 Å². The molecule has 0 aliphatic heterocycles. The monoisotopic (exact) mass is 284 g/mol. The van der Waals surface area contributed by atoms with Crippen LogP contribution in [0.2, 0.25) is 0 Å². The number of carbonyl (C=O) groups is 1. The number of hydrogen-bond acceptors (Lipinski definition) is 2. The fraction of sp³-hybridized carbons (Fsp3) is 0.417. The maximum absolute atomic E-state index is 11.2. The molecule has 0 aliphatic rings. The predicted octanol–water partition coefficient (Wildman–Crippen LogP) is 1.80. The number of carbonyl (C=O) groups excluding carboxylic acids is 1. The number of rotatable bonds is 5. The number of nitrogens with one attached hydrogen (secondary N) is 1. The molecule has 0 aromatic heterocycles. The Morgan fingerprint density at radius 3 is 2.50 bits per heavy atom. The van der Waals surface area contributed by atoms with Gasteiger partial charge in [0.05, 0.1) is 11.4 Å². The predicted molar refractivity (Wildman–Crippen MR) is 69.7 cm³/mol. The third kappa shape index (κ3) is 3.94. The minimum Gasteiger partial charge on any atom is -0.353 e. The second-order valence-corrected chi connectivity index (χ2v) is 4.39. The molecule has 0 aliphatic carbocycles. The first-order valence-electron chi connectivity index (χ1n) is 5.19. The zero-order valence-electron chi connectivity index (χ0n) is 9.61. The summed E-state index contributed by atoms with van der Waals surface area (Å²) >= 11 is 3.13. The van der Waals surface area contributed by atoms with Crippen molar-refractivity contribution in [1.29, 1.82) is 0 Å². The Balaban J connectivity index is 2.66. The van der Waals surface area contributed by atoms with E-state index in [0.29, 0.717) is 11.9 Å². The van der Waals surface area contributed by atoms with Crippen molar-refractivity contribution in [2.75, 3.05) is 26.0 Å². The molecule has 3 nitrogen and oxygen atoms in total. The van der Waals surface area contributed by atoms with Crippen molar-refractivity contribution in [2.45, 2.75) is 6.04 Å². The van der Waals surface area contributed by atoms with Gasteiger partial charge in [-0.05, 0) is 19.7 Å². The molecule has 1 atom stereocenters. The molecule has 1 N–H and O–H groups in total. The first-order valence-corrected chi connectivity index (χ1v) is 6.31. The van der Waals surface area contributed by atoms with Crippen molar-refractivity contribution >= 4 is 21.8 Å². The average Bonchev–Trinajstić information content (AvgIpc) is 2.30. The van der Waals surface area contributed by atoms with Crippen LogP contribution in [0.1, 0.15) is 11.6 Å². The second kappa shape index (κ2) is 6.66. The molecule has 16 heavy (non-hydrogen) atoms. The fourth-order valence-corrected chi connectivity index (χ4v) is 1.73. The Hall–Kier alpha value is -0.870. The highest BCUT2D eigenvalue weighted by Crippen LogP contribution is 2.16. The largest absolute Gasteiger partial charge is 0.353 e. The number of nitrogens with zero attached hydrogens (tertiary/aromatic N) is 1. The van der Waals surface area contributed by atoms with Crippen LogP contribution >= 0.6 is 15.9 Å². The zero-order valence-corrected chi connectivity index (χ0v) is 11.2. The summed E-state index contributed by atoms with van der Waals surface area (Å²) in [6.07, 6.45) is 0. The highest BCUT2D eigenvalue weighted by Gasteiger charge is 2.14. The molecule has 88 valence electrons. The van der Waals surface area contributed by atoms with E-state index in [9.17, 15) is 4.79 Å². The fourth-order valence-electron chi connectivity index (χ4n) is 1.53. The molecular formula is C12H17BrN2O. The molecule has 1 rings (SSSR count). The Bertz CT molecular complexity index is 327. The summed E-state index contributed by atoms with van der Waals surface area (Å²) in [6.45, 7) is 0.626. The standard InChI is InChI=1S/C12H17BrN2O/c1-15(2)11(9-14-12(16)8-13)10-6-4-3-5-7-10/h3-7,11H,8-9H2,1-2H3,(H,14,16). The number of amides is 1. The van der Waals surface area contributed by atoms with Crippen molar-refractivity contribution in [3.63, 3.8) is 0 Å². The summed E-state index contributed by atoms with van der Waals surface area (Å²) in [5, 5.41) is 3.23. The van der Waals surface area contributed by atoms with Gasteiger partial charge in [-0.2, -0.15) is 0 Å². The van der Waals surface area contributed by atoms with Crippen molar-refractivity contribution in [3.05, 3.63) is 35.9 Å². The van der Waals surface area contributed by atoms with Crippen LogP contribution in [-0.4, -0.2) is 36.8 Å². The van der Waals surface area contributed by atoms with E-state index in [-0.39, 0.29) is 11.9 Å². The number of alkyl halides is 1. The first-order chi connectivity index (χ1) is 7.65. The lowest BCUT2D eigenvalue weighted by atomic mass is 10.1. The van der Waals surface area contributed by atoms with Crippen molar-refractivity contribution < 1.29 is 4.79 Å². The molecule has 0 spiro atoms. The van der Waals surface area contributed by atoms with Gasteiger partial charge in [0.15, 0.2) is 0 Å². The highest BCUT2D eigenvalue weighted by atomic mass is 79.9. The van der Waals surface area contributed by atoms with Crippen LogP contribution in [0, 0.1) is 0 Å². The normalized spacial score (nSPS) is 12.5. The summed E-state index contributed by atoms with van der Waals surface area (Å²) < 4.78 is 0. The Morgan fingerprint density at radius 1 is 1.38 bits per heavy atom. The third-order valence-electron chi connectivity index (χ3n) is 2.42. The van der Waals surface area contributed by atoms with Gasteiger partial charge in [-0.3, -0.25) is 4.79 Å².